The maximum absolute atomic E-state index is 6.06. The van der Waals surface area contributed by atoms with Crippen molar-refractivity contribution in [3.8, 4) is 0 Å². The average molecular weight is 293 g/mol. The summed E-state index contributed by atoms with van der Waals surface area (Å²) in [6.07, 6.45) is 20.4. The van der Waals surface area contributed by atoms with Crippen LogP contribution >= 0.6 is 0 Å². The SMILES string of the molecule is C/C=C/C1CCC(C2CCC(OCCCCC)CC2)CC1. The summed E-state index contributed by atoms with van der Waals surface area (Å²) in [4.78, 5) is 0. The molecule has 0 aromatic carbocycles. The van der Waals surface area contributed by atoms with E-state index in [1.165, 1.54) is 70.6 Å². The molecule has 0 spiro atoms. The molecule has 0 N–H and O–H groups in total. The van der Waals surface area contributed by atoms with Crippen LogP contribution in [-0.4, -0.2) is 12.7 Å². The number of unbranched alkanes of at least 4 members (excludes halogenated alkanes) is 2. The molecule has 1 heteroatoms. The third-order valence-electron chi connectivity index (χ3n) is 5.77. The number of hydrogen-bond donors (Lipinski definition) is 0. The number of rotatable bonds is 7. The first kappa shape index (κ1) is 17.1. The lowest BCUT2D eigenvalue weighted by atomic mass is 9.70. The van der Waals surface area contributed by atoms with Gasteiger partial charge in [-0.3, -0.25) is 0 Å². The van der Waals surface area contributed by atoms with E-state index in [0.29, 0.717) is 6.10 Å². The summed E-state index contributed by atoms with van der Waals surface area (Å²) in [6, 6.07) is 0. The highest BCUT2D eigenvalue weighted by Crippen LogP contribution is 2.40. The molecule has 0 aliphatic heterocycles. The molecule has 2 aliphatic carbocycles. The molecule has 2 saturated carbocycles. The number of allylic oxidation sites excluding steroid dienone is 2. The molecule has 2 aliphatic rings. The molecule has 0 atom stereocenters. The van der Waals surface area contributed by atoms with E-state index in [4.69, 9.17) is 4.74 Å². The second-order valence-electron chi connectivity index (χ2n) is 7.32. The largest absolute Gasteiger partial charge is 0.378 e. The van der Waals surface area contributed by atoms with Crippen molar-refractivity contribution in [1.82, 2.24) is 0 Å². The summed E-state index contributed by atoms with van der Waals surface area (Å²) in [6.45, 7) is 5.42. The monoisotopic (exact) mass is 292 g/mol. The lowest BCUT2D eigenvalue weighted by Gasteiger charge is -2.37. The summed E-state index contributed by atoms with van der Waals surface area (Å²) in [5.74, 6) is 2.91. The van der Waals surface area contributed by atoms with Gasteiger partial charge in [0.15, 0.2) is 0 Å². The molecule has 2 fully saturated rings. The van der Waals surface area contributed by atoms with Crippen molar-refractivity contribution in [3.63, 3.8) is 0 Å². The van der Waals surface area contributed by atoms with Gasteiger partial charge in [-0.15, -0.1) is 0 Å². The summed E-state index contributed by atoms with van der Waals surface area (Å²) in [7, 11) is 0. The minimum absolute atomic E-state index is 0.581. The summed E-state index contributed by atoms with van der Waals surface area (Å²) < 4.78 is 6.06. The Kier molecular flexibility index (Phi) is 7.85. The molecule has 122 valence electrons. The van der Waals surface area contributed by atoms with Crippen LogP contribution in [0.4, 0.5) is 0 Å². The van der Waals surface area contributed by atoms with Crippen molar-refractivity contribution in [2.24, 2.45) is 17.8 Å². The van der Waals surface area contributed by atoms with Gasteiger partial charge in [0.2, 0.25) is 0 Å². The minimum atomic E-state index is 0.581. The Bertz CT molecular complexity index is 280. The van der Waals surface area contributed by atoms with Crippen molar-refractivity contribution < 1.29 is 4.74 Å². The summed E-state index contributed by atoms with van der Waals surface area (Å²) >= 11 is 0. The highest BCUT2D eigenvalue weighted by Gasteiger charge is 2.30. The maximum Gasteiger partial charge on any atom is 0.0575 e. The third kappa shape index (κ3) is 5.77. The first-order valence-electron chi connectivity index (χ1n) is 9.57. The van der Waals surface area contributed by atoms with Gasteiger partial charge in [0.25, 0.3) is 0 Å². The van der Waals surface area contributed by atoms with Gasteiger partial charge < -0.3 is 4.74 Å². The van der Waals surface area contributed by atoms with E-state index in [1.807, 2.05) is 0 Å². The Morgan fingerprint density at radius 1 is 0.857 bits per heavy atom. The van der Waals surface area contributed by atoms with E-state index < -0.39 is 0 Å². The van der Waals surface area contributed by atoms with Crippen LogP contribution in [0, 0.1) is 17.8 Å². The zero-order valence-corrected chi connectivity index (χ0v) is 14.4. The second-order valence-corrected chi connectivity index (χ2v) is 7.32. The highest BCUT2D eigenvalue weighted by atomic mass is 16.5. The van der Waals surface area contributed by atoms with Gasteiger partial charge in [-0.25, -0.2) is 0 Å². The quantitative estimate of drug-likeness (QED) is 0.405. The zero-order chi connectivity index (χ0) is 14.9. The van der Waals surface area contributed by atoms with Crippen LogP contribution in [0.1, 0.15) is 84.5 Å². The molecule has 0 heterocycles. The Morgan fingerprint density at radius 2 is 1.48 bits per heavy atom. The predicted molar refractivity (Wildman–Crippen MR) is 91.5 cm³/mol. The Balaban J connectivity index is 1.61. The van der Waals surface area contributed by atoms with Gasteiger partial charge in [-0.1, -0.05) is 31.9 Å². The average Bonchev–Trinajstić information content (AvgIpc) is 2.53. The van der Waals surface area contributed by atoms with E-state index in [1.54, 1.807) is 0 Å². The molecular weight excluding hydrogens is 256 g/mol. The Labute approximate surface area is 132 Å². The molecule has 0 saturated heterocycles. The smallest absolute Gasteiger partial charge is 0.0575 e. The van der Waals surface area contributed by atoms with E-state index in [-0.39, 0.29) is 0 Å². The first-order chi connectivity index (χ1) is 10.3. The second kappa shape index (κ2) is 9.66. The van der Waals surface area contributed by atoms with Crippen LogP contribution < -0.4 is 0 Å². The molecule has 0 unspecified atom stereocenters. The fourth-order valence-corrected chi connectivity index (χ4v) is 4.41. The topological polar surface area (TPSA) is 9.23 Å². The summed E-state index contributed by atoms with van der Waals surface area (Å²) in [5.41, 5.74) is 0. The molecule has 1 nitrogen and oxygen atoms in total. The van der Waals surface area contributed by atoms with Gasteiger partial charge in [-0.2, -0.15) is 0 Å². The van der Waals surface area contributed by atoms with Crippen LogP contribution in [0.2, 0.25) is 0 Å². The van der Waals surface area contributed by atoms with Gasteiger partial charge in [0.05, 0.1) is 6.10 Å². The number of ether oxygens (including phenoxy) is 1. The van der Waals surface area contributed by atoms with E-state index in [9.17, 15) is 0 Å². The Hall–Kier alpha value is -0.300. The fraction of sp³-hybridized carbons (Fsp3) is 0.900. The van der Waals surface area contributed by atoms with Crippen LogP contribution in [0.3, 0.4) is 0 Å². The van der Waals surface area contributed by atoms with Crippen LogP contribution in [0.15, 0.2) is 12.2 Å². The molecule has 0 amide bonds. The number of hydrogen-bond acceptors (Lipinski definition) is 1. The lowest BCUT2D eigenvalue weighted by Crippen LogP contribution is -2.28. The Morgan fingerprint density at radius 3 is 2.05 bits per heavy atom. The van der Waals surface area contributed by atoms with E-state index in [0.717, 1.165) is 24.4 Å². The van der Waals surface area contributed by atoms with Gasteiger partial charge in [0, 0.05) is 6.61 Å². The normalized spacial score (nSPS) is 34.4. The zero-order valence-electron chi connectivity index (χ0n) is 14.4. The lowest BCUT2D eigenvalue weighted by molar-refractivity contribution is 0.00606. The molecule has 0 bridgehead atoms. The van der Waals surface area contributed by atoms with Crippen molar-refractivity contribution in [3.05, 3.63) is 12.2 Å². The molecule has 0 radical (unpaired) electrons. The molecule has 0 aromatic rings. The fourth-order valence-electron chi connectivity index (χ4n) is 4.41. The highest BCUT2D eigenvalue weighted by molar-refractivity contribution is 4.90. The van der Waals surface area contributed by atoms with Crippen LogP contribution in [-0.2, 0) is 4.74 Å². The molecular formula is C20H36O. The molecule has 0 aromatic heterocycles. The van der Waals surface area contributed by atoms with Gasteiger partial charge in [-0.05, 0) is 82.5 Å². The third-order valence-corrected chi connectivity index (χ3v) is 5.77. The van der Waals surface area contributed by atoms with Crippen LogP contribution in [0.25, 0.3) is 0 Å². The van der Waals surface area contributed by atoms with Crippen molar-refractivity contribution in [2.75, 3.05) is 6.61 Å². The molecule has 21 heavy (non-hydrogen) atoms. The van der Waals surface area contributed by atoms with Crippen LogP contribution in [0.5, 0.6) is 0 Å². The maximum atomic E-state index is 6.06. The minimum Gasteiger partial charge on any atom is -0.378 e. The van der Waals surface area contributed by atoms with E-state index in [2.05, 4.69) is 26.0 Å². The van der Waals surface area contributed by atoms with Crippen molar-refractivity contribution in [2.45, 2.75) is 90.6 Å². The van der Waals surface area contributed by atoms with Crippen molar-refractivity contribution >= 4 is 0 Å². The van der Waals surface area contributed by atoms with Gasteiger partial charge in [0.1, 0.15) is 0 Å². The van der Waals surface area contributed by atoms with E-state index >= 15 is 0 Å². The summed E-state index contributed by atoms with van der Waals surface area (Å²) in [5, 5.41) is 0. The standard InChI is InChI=1S/C20H36O/c1-3-5-6-16-21-20-14-12-19(13-15-20)18-10-8-17(7-4-2)9-11-18/h4,7,17-20H,3,5-6,8-16H2,1-2H3/b7-4+. The van der Waals surface area contributed by atoms with Crippen molar-refractivity contribution in [1.29, 1.82) is 0 Å². The first-order valence-corrected chi connectivity index (χ1v) is 9.57. The molecule has 2 rings (SSSR count). The van der Waals surface area contributed by atoms with Gasteiger partial charge >= 0.3 is 0 Å². The predicted octanol–water partition coefficient (Wildman–Crippen LogP) is 6.13.